The summed E-state index contributed by atoms with van der Waals surface area (Å²) in [7, 11) is 0. The molecule has 3 nitrogen and oxygen atoms in total. The van der Waals surface area contributed by atoms with Crippen molar-refractivity contribution < 1.29 is 9.90 Å². The number of hydrogen-bond donors (Lipinski definition) is 2. The SMILES string of the molecule is O=C(O)/C(=C/c1ccccc1)CNc1ccccc1. The first-order chi connectivity index (χ1) is 9.25. The number of carbonyl (C=O) groups is 1. The lowest BCUT2D eigenvalue weighted by Crippen LogP contribution is -2.12. The van der Waals surface area contributed by atoms with Gasteiger partial charge >= 0.3 is 5.97 Å². The fourth-order valence-electron chi connectivity index (χ4n) is 1.69. The van der Waals surface area contributed by atoms with Crippen molar-refractivity contribution in [2.45, 2.75) is 0 Å². The van der Waals surface area contributed by atoms with E-state index in [-0.39, 0.29) is 6.54 Å². The zero-order valence-corrected chi connectivity index (χ0v) is 10.4. The third-order valence-electron chi connectivity index (χ3n) is 2.67. The van der Waals surface area contributed by atoms with E-state index in [9.17, 15) is 9.90 Å². The van der Waals surface area contributed by atoms with Gasteiger partial charge in [0.1, 0.15) is 0 Å². The third kappa shape index (κ3) is 4.00. The smallest absolute Gasteiger partial charge is 0.333 e. The van der Waals surface area contributed by atoms with E-state index in [0.29, 0.717) is 5.57 Å². The highest BCUT2D eigenvalue weighted by atomic mass is 16.4. The van der Waals surface area contributed by atoms with Crippen LogP contribution in [0.25, 0.3) is 6.08 Å². The summed E-state index contributed by atoms with van der Waals surface area (Å²) in [6.07, 6.45) is 1.68. The summed E-state index contributed by atoms with van der Waals surface area (Å²) in [5.74, 6) is -0.910. The fraction of sp³-hybridized carbons (Fsp3) is 0.0625. The molecule has 0 saturated carbocycles. The molecule has 0 atom stereocenters. The number of rotatable bonds is 5. The van der Waals surface area contributed by atoms with Crippen molar-refractivity contribution >= 4 is 17.7 Å². The van der Waals surface area contributed by atoms with Crippen LogP contribution >= 0.6 is 0 Å². The van der Waals surface area contributed by atoms with Crippen LogP contribution in [0.3, 0.4) is 0 Å². The number of para-hydroxylation sites is 1. The Morgan fingerprint density at radius 3 is 2.16 bits per heavy atom. The summed E-state index contributed by atoms with van der Waals surface area (Å²) >= 11 is 0. The molecule has 0 saturated heterocycles. The maximum atomic E-state index is 11.2. The average molecular weight is 253 g/mol. The van der Waals surface area contributed by atoms with Crippen molar-refractivity contribution in [3.05, 3.63) is 71.8 Å². The van der Waals surface area contributed by atoms with Crippen LogP contribution in [0.5, 0.6) is 0 Å². The van der Waals surface area contributed by atoms with Crippen LogP contribution in [0.1, 0.15) is 5.56 Å². The number of hydrogen-bond acceptors (Lipinski definition) is 2. The van der Waals surface area contributed by atoms with Crippen LogP contribution < -0.4 is 5.32 Å². The minimum atomic E-state index is -0.910. The van der Waals surface area contributed by atoms with Gasteiger partial charge in [-0.05, 0) is 23.8 Å². The molecule has 2 rings (SSSR count). The Labute approximate surface area is 112 Å². The van der Waals surface area contributed by atoms with Gasteiger partial charge < -0.3 is 10.4 Å². The minimum absolute atomic E-state index is 0.286. The van der Waals surface area contributed by atoms with Gasteiger partial charge in [0.2, 0.25) is 0 Å². The molecule has 3 heteroatoms. The maximum Gasteiger partial charge on any atom is 0.333 e. The number of benzene rings is 2. The summed E-state index contributed by atoms with van der Waals surface area (Å²) in [6, 6.07) is 19.0. The molecule has 0 aliphatic carbocycles. The van der Waals surface area contributed by atoms with Crippen LogP contribution in [0.4, 0.5) is 5.69 Å². The van der Waals surface area contributed by atoms with Gasteiger partial charge in [-0.25, -0.2) is 4.79 Å². The number of aliphatic carboxylic acids is 1. The van der Waals surface area contributed by atoms with Gasteiger partial charge in [0.25, 0.3) is 0 Å². The summed E-state index contributed by atoms with van der Waals surface area (Å²) in [6.45, 7) is 0.286. The molecule has 19 heavy (non-hydrogen) atoms. The minimum Gasteiger partial charge on any atom is -0.478 e. The maximum absolute atomic E-state index is 11.2. The first-order valence-electron chi connectivity index (χ1n) is 6.03. The molecule has 0 aliphatic rings. The van der Waals surface area contributed by atoms with E-state index in [1.165, 1.54) is 0 Å². The van der Waals surface area contributed by atoms with Crippen LogP contribution in [-0.4, -0.2) is 17.6 Å². The molecule has 0 radical (unpaired) electrons. The Morgan fingerprint density at radius 2 is 1.58 bits per heavy atom. The van der Waals surface area contributed by atoms with Gasteiger partial charge in [0, 0.05) is 12.2 Å². The molecule has 0 amide bonds. The second kappa shape index (κ2) is 6.40. The Balaban J connectivity index is 2.09. The van der Waals surface area contributed by atoms with Crippen molar-refractivity contribution in [1.29, 1.82) is 0 Å². The van der Waals surface area contributed by atoms with Crippen molar-refractivity contribution in [3.63, 3.8) is 0 Å². The summed E-state index contributed by atoms with van der Waals surface area (Å²) in [5.41, 5.74) is 2.12. The molecule has 2 N–H and O–H groups in total. The van der Waals surface area contributed by atoms with Crippen LogP contribution in [-0.2, 0) is 4.79 Å². The summed E-state index contributed by atoms with van der Waals surface area (Å²) < 4.78 is 0. The number of carboxylic acid groups (broad SMARTS) is 1. The molecule has 96 valence electrons. The Hall–Kier alpha value is -2.55. The fourth-order valence-corrected chi connectivity index (χ4v) is 1.69. The predicted octanol–water partition coefficient (Wildman–Crippen LogP) is 3.27. The Kier molecular flexibility index (Phi) is 4.34. The Bertz CT molecular complexity index is 562. The van der Waals surface area contributed by atoms with Gasteiger partial charge in [0.05, 0.1) is 5.57 Å². The quantitative estimate of drug-likeness (QED) is 0.804. The van der Waals surface area contributed by atoms with Crippen LogP contribution in [0.15, 0.2) is 66.2 Å². The monoisotopic (exact) mass is 253 g/mol. The Morgan fingerprint density at radius 1 is 1.00 bits per heavy atom. The second-order valence-electron chi connectivity index (χ2n) is 4.10. The lowest BCUT2D eigenvalue weighted by atomic mass is 10.1. The number of anilines is 1. The molecule has 0 unspecified atom stereocenters. The highest BCUT2D eigenvalue weighted by Gasteiger charge is 2.06. The predicted molar refractivity (Wildman–Crippen MR) is 77.0 cm³/mol. The largest absolute Gasteiger partial charge is 0.478 e. The second-order valence-corrected chi connectivity index (χ2v) is 4.10. The first-order valence-corrected chi connectivity index (χ1v) is 6.03. The van der Waals surface area contributed by atoms with Gasteiger partial charge in [0.15, 0.2) is 0 Å². The van der Waals surface area contributed by atoms with Gasteiger partial charge in [-0.1, -0.05) is 48.5 Å². The zero-order valence-electron chi connectivity index (χ0n) is 10.4. The number of nitrogens with one attached hydrogen (secondary N) is 1. The zero-order chi connectivity index (χ0) is 13.5. The van der Waals surface area contributed by atoms with E-state index < -0.39 is 5.97 Å². The molecule has 0 bridgehead atoms. The van der Waals surface area contributed by atoms with Crippen LogP contribution in [0, 0.1) is 0 Å². The molecule has 2 aromatic rings. The normalized spacial score (nSPS) is 11.1. The average Bonchev–Trinajstić information content (AvgIpc) is 2.45. The third-order valence-corrected chi connectivity index (χ3v) is 2.67. The molecule has 0 aromatic heterocycles. The lowest BCUT2D eigenvalue weighted by Gasteiger charge is -2.07. The van der Waals surface area contributed by atoms with E-state index in [1.54, 1.807) is 6.08 Å². The molecule has 0 aliphatic heterocycles. The van der Waals surface area contributed by atoms with E-state index in [0.717, 1.165) is 11.3 Å². The summed E-state index contributed by atoms with van der Waals surface area (Å²) in [5, 5.41) is 12.3. The number of carboxylic acids is 1. The highest BCUT2D eigenvalue weighted by Crippen LogP contribution is 2.10. The molecule has 0 heterocycles. The topological polar surface area (TPSA) is 49.3 Å². The van der Waals surface area contributed by atoms with Gasteiger partial charge in [-0.15, -0.1) is 0 Å². The summed E-state index contributed by atoms with van der Waals surface area (Å²) in [4.78, 5) is 11.2. The first kappa shape index (κ1) is 12.9. The van der Waals surface area contributed by atoms with E-state index in [1.807, 2.05) is 60.7 Å². The molecule has 0 spiro atoms. The molecular formula is C16H15NO2. The van der Waals surface area contributed by atoms with Crippen molar-refractivity contribution in [2.75, 3.05) is 11.9 Å². The highest BCUT2D eigenvalue weighted by molar-refractivity contribution is 5.93. The van der Waals surface area contributed by atoms with Gasteiger partial charge in [-0.3, -0.25) is 0 Å². The molecular weight excluding hydrogens is 238 g/mol. The molecule has 2 aromatic carbocycles. The molecule has 0 fully saturated rings. The van der Waals surface area contributed by atoms with E-state index in [2.05, 4.69) is 5.32 Å². The van der Waals surface area contributed by atoms with E-state index >= 15 is 0 Å². The van der Waals surface area contributed by atoms with Crippen LogP contribution in [0.2, 0.25) is 0 Å². The standard InChI is InChI=1S/C16H15NO2/c18-16(19)14(11-13-7-3-1-4-8-13)12-17-15-9-5-2-6-10-15/h1-11,17H,12H2,(H,18,19)/b14-11+. The lowest BCUT2D eigenvalue weighted by molar-refractivity contribution is -0.132. The van der Waals surface area contributed by atoms with Gasteiger partial charge in [-0.2, -0.15) is 0 Å². The van der Waals surface area contributed by atoms with E-state index in [4.69, 9.17) is 0 Å². The van der Waals surface area contributed by atoms with Crippen molar-refractivity contribution in [3.8, 4) is 0 Å². The van der Waals surface area contributed by atoms with Crippen molar-refractivity contribution in [2.24, 2.45) is 0 Å². The van der Waals surface area contributed by atoms with Crippen molar-refractivity contribution in [1.82, 2.24) is 0 Å².